The number of fused-ring (bicyclic) bond motifs is 1. The van der Waals surface area contributed by atoms with Gasteiger partial charge in [0, 0.05) is 11.5 Å². The van der Waals surface area contributed by atoms with Crippen LogP contribution in [0.15, 0.2) is 18.2 Å². The maximum atomic E-state index is 10.1. The van der Waals surface area contributed by atoms with Crippen molar-refractivity contribution in [3.05, 3.63) is 23.8 Å². The Balaban J connectivity index is 1.91. The molecule has 1 aliphatic carbocycles. The lowest BCUT2D eigenvalue weighted by molar-refractivity contribution is 0.0566. The van der Waals surface area contributed by atoms with Crippen molar-refractivity contribution in [2.75, 3.05) is 27.3 Å². The molecule has 0 spiro atoms. The minimum Gasteiger partial charge on any atom is -0.493 e. The predicted octanol–water partition coefficient (Wildman–Crippen LogP) is 3.36. The van der Waals surface area contributed by atoms with Crippen molar-refractivity contribution in [3.8, 4) is 11.5 Å². The summed E-state index contributed by atoms with van der Waals surface area (Å²) < 4.78 is 11.5. The largest absolute Gasteiger partial charge is 0.493 e. The number of likely N-dealkylation sites (tertiary alicyclic amines) is 1. The van der Waals surface area contributed by atoms with Crippen LogP contribution in [-0.2, 0) is 5.41 Å². The molecule has 0 aromatic heterocycles. The topological polar surface area (TPSA) is 41.9 Å². The molecule has 1 aromatic rings. The highest BCUT2D eigenvalue weighted by Gasteiger charge is 2.50. The summed E-state index contributed by atoms with van der Waals surface area (Å²) in [6.45, 7) is 3.99. The van der Waals surface area contributed by atoms with Crippen LogP contribution in [0, 0.1) is 0 Å². The number of benzene rings is 1. The van der Waals surface area contributed by atoms with Crippen molar-refractivity contribution in [1.82, 2.24) is 4.90 Å². The zero-order chi connectivity index (χ0) is 17.2. The van der Waals surface area contributed by atoms with Gasteiger partial charge >= 0.3 is 0 Å². The fourth-order valence-electron chi connectivity index (χ4n) is 4.52. The first kappa shape index (κ1) is 17.6. The Morgan fingerprint density at radius 3 is 2.88 bits per heavy atom. The molecule has 1 heterocycles. The van der Waals surface area contributed by atoms with Gasteiger partial charge in [-0.1, -0.05) is 19.4 Å². The minimum atomic E-state index is -0.165. The zero-order valence-corrected chi connectivity index (χ0v) is 15.3. The molecule has 4 heteroatoms. The molecule has 2 fully saturated rings. The number of methoxy groups -OCH3 is 1. The van der Waals surface area contributed by atoms with Crippen LogP contribution in [0.2, 0.25) is 0 Å². The molecule has 1 aromatic carbocycles. The molecule has 3 rings (SSSR count). The van der Waals surface area contributed by atoms with Crippen molar-refractivity contribution in [2.45, 2.75) is 63.0 Å². The molecule has 1 saturated carbocycles. The lowest BCUT2D eigenvalue weighted by atomic mass is 9.65. The highest BCUT2D eigenvalue weighted by Crippen LogP contribution is 2.49. The fraction of sp³-hybridized carbons (Fsp3) is 0.700. The van der Waals surface area contributed by atoms with Gasteiger partial charge in [-0.25, -0.2) is 0 Å². The maximum absolute atomic E-state index is 10.1. The molecule has 134 valence electrons. The second kappa shape index (κ2) is 7.32. The van der Waals surface area contributed by atoms with E-state index in [9.17, 15) is 5.11 Å². The Kier molecular flexibility index (Phi) is 5.36. The minimum absolute atomic E-state index is 0.142. The van der Waals surface area contributed by atoms with Gasteiger partial charge in [0.05, 0.1) is 19.8 Å². The fourth-order valence-corrected chi connectivity index (χ4v) is 4.52. The first-order valence-corrected chi connectivity index (χ1v) is 9.30. The van der Waals surface area contributed by atoms with Crippen molar-refractivity contribution < 1.29 is 14.6 Å². The monoisotopic (exact) mass is 333 g/mol. The lowest BCUT2D eigenvalue weighted by Gasteiger charge is -2.43. The van der Waals surface area contributed by atoms with Crippen LogP contribution < -0.4 is 9.47 Å². The Morgan fingerprint density at radius 1 is 1.29 bits per heavy atom. The van der Waals surface area contributed by atoms with Gasteiger partial charge in [0.15, 0.2) is 11.5 Å². The molecule has 0 bridgehead atoms. The number of hydrogen-bond acceptors (Lipinski definition) is 4. The smallest absolute Gasteiger partial charge is 0.161 e. The van der Waals surface area contributed by atoms with E-state index in [-0.39, 0.29) is 11.5 Å². The SMILES string of the molecule is CCCCOc1cc([C@@]23CC[C@@H](O)C[C@@H]2N(C)CC3)ccc1OC. The van der Waals surface area contributed by atoms with Crippen LogP contribution in [-0.4, -0.2) is 49.5 Å². The van der Waals surface area contributed by atoms with E-state index in [0.717, 1.165) is 63.2 Å². The quantitative estimate of drug-likeness (QED) is 0.811. The third-order valence-corrected chi connectivity index (χ3v) is 5.99. The van der Waals surface area contributed by atoms with E-state index in [2.05, 4.69) is 31.0 Å². The van der Waals surface area contributed by atoms with Gasteiger partial charge in [-0.3, -0.25) is 0 Å². The Labute approximate surface area is 145 Å². The lowest BCUT2D eigenvalue weighted by Crippen LogP contribution is -2.47. The molecule has 1 aliphatic heterocycles. The van der Waals surface area contributed by atoms with E-state index in [1.807, 2.05) is 6.07 Å². The molecule has 0 amide bonds. The molecule has 1 N–H and O–H groups in total. The first-order chi connectivity index (χ1) is 11.6. The van der Waals surface area contributed by atoms with Crippen molar-refractivity contribution in [2.24, 2.45) is 0 Å². The third kappa shape index (κ3) is 3.14. The Morgan fingerprint density at radius 2 is 2.12 bits per heavy atom. The summed E-state index contributed by atoms with van der Waals surface area (Å²) in [5, 5.41) is 10.1. The van der Waals surface area contributed by atoms with Gasteiger partial charge in [0.25, 0.3) is 0 Å². The average Bonchev–Trinajstić information content (AvgIpc) is 2.93. The average molecular weight is 333 g/mol. The molecule has 0 unspecified atom stereocenters. The van der Waals surface area contributed by atoms with Crippen LogP contribution in [0.1, 0.15) is 51.0 Å². The van der Waals surface area contributed by atoms with E-state index in [4.69, 9.17) is 9.47 Å². The van der Waals surface area contributed by atoms with Gasteiger partial charge in [-0.15, -0.1) is 0 Å². The maximum Gasteiger partial charge on any atom is 0.161 e. The first-order valence-electron chi connectivity index (χ1n) is 9.30. The number of nitrogens with zero attached hydrogens (tertiary/aromatic N) is 1. The van der Waals surface area contributed by atoms with Gasteiger partial charge in [0.1, 0.15) is 0 Å². The second-order valence-corrected chi connectivity index (χ2v) is 7.40. The molecule has 2 aliphatic rings. The third-order valence-electron chi connectivity index (χ3n) is 5.99. The summed E-state index contributed by atoms with van der Waals surface area (Å²) in [7, 11) is 3.88. The number of rotatable bonds is 6. The summed E-state index contributed by atoms with van der Waals surface area (Å²) >= 11 is 0. The van der Waals surface area contributed by atoms with E-state index in [0.29, 0.717) is 6.04 Å². The summed E-state index contributed by atoms with van der Waals surface area (Å²) in [6, 6.07) is 6.86. The molecule has 24 heavy (non-hydrogen) atoms. The molecular formula is C20H31NO3. The summed E-state index contributed by atoms with van der Waals surface area (Å²) in [4.78, 5) is 2.42. The number of hydrogen-bond donors (Lipinski definition) is 1. The molecule has 3 atom stereocenters. The molecular weight excluding hydrogens is 302 g/mol. The van der Waals surface area contributed by atoms with Crippen molar-refractivity contribution in [3.63, 3.8) is 0 Å². The molecule has 1 saturated heterocycles. The normalized spacial score (nSPS) is 30.2. The second-order valence-electron chi connectivity index (χ2n) is 7.40. The van der Waals surface area contributed by atoms with Crippen LogP contribution in [0.25, 0.3) is 0 Å². The summed E-state index contributed by atoms with van der Waals surface area (Å²) in [5.74, 6) is 1.67. The summed E-state index contributed by atoms with van der Waals surface area (Å²) in [5.41, 5.74) is 1.49. The van der Waals surface area contributed by atoms with Crippen LogP contribution in [0.3, 0.4) is 0 Å². The van der Waals surface area contributed by atoms with E-state index < -0.39 is 0 Å². The van der Waals surface area contributed by atoms with Crippen LogP contribution in [0.4, 0.5) is 0 Å². The number of unbranched alkanes of at least 4 members (excludes halogenated alkanes) is 1. The van der Waals surface area contributed by atoms with Gasteiger partial charge in [-0.05, 0) is 63.4 Å². The van der Waals surface area contributed by atoms with Crippen LogP contribution in [0.5, 0.6) is 11.5 Å². The zero-order valence-electron chi connectivity index (χ0n) is 15.3. The van der Waals surface area contributed by atoms with Gasteiger partial charge in [-0.2, -0.15) is 0 Å². The van der Waals surface area contributed by atoms with E-state index >= 15 is 0 Å². The van der Waals surface area contributed by atoms with Gasteiger partial charge in [0.2, 0.25) is 0 Å². The molecule has 0 radical (unpaired) electrons. The standard InChI is InChI=1S/C20H31NO3/c1-4-5-12-24-18-13-15(6-7-17(18)23-3)20-9-8-16(22)14-19(20)21(2)11-10-20/h6-7,13,16,19,22H,4-5,8-12,14H2,1-3H3/t16-,19+,20+/m1/s1. The number of aliphatic hydroxyl groups is 1. The highest BCUT2D eigenvalue weighted by atomic mass is 16.5. The van der Waals surface area contributed by atoms with E-state index in [1.165, 1.54) is 5.56 Å². The van der Waals surface area contributed by atoms with Crippen LogP contribution >= 0.6 is 0 Å². The number of ether oxygens (including phenoxy) is 2. The Bertz CT molecular complexity index is 562. The summed E-state index contributed by atoms with van der Waals surface area (Å²) in [6.07, 6.45) is 5.97. The molecule has 4 nitrogen and oxygen atoms in total. The highest BCUT2D eigenvalue weighted by molar-refractivity contribution is 5.46. The van der Waals surface area contributed by atoms with Gasteiger partial charge < -0.3 is 19.5 Å². The van der Waals surface area contributed by atoms with E-state index in [1.54, 1.807) is 7.11 Å². The predicted molar refractivity (Wildman–Crippen MR) is 96.0 cm³/mol. The number of likely N-dealkylation sites (N-methyl/N-ethyl adjacent to an activating group) is 1. The number of aliphatic hydroxyl groups excluding tert-OH is 1. The Hall–Kier alpha value is -1.26. The van der Waals surface area contributed by atoms with Crippen molar-refractivity contribution in [1.29, 1.82) is 0 Å². The van der Waals surface area contributed by atoms with Crippen molar-refractivity contribution >= 4 is 0 Å².